The Balaban J connectivity index is 1.15. The number of amides is 1. The van der Waals surface area contributed by atoms with Gasteiger partial charge in [-0.15, -0.1) is 0 Å². The quantitative estimate of drug-likeness (QED) is 0.393. The lowest BCUT2D eigenvalue weighted by molar-refractivity contribution is 0.0622. The minimum atomic E-state index is -0.110. The number of ether oxygens (including phenoxy) is 2. The maximum Gasteiger partial charge on any atom is 0.272 e. The normalized spacial score (nSPS) is 20.1. The van der Waals surface area contributed by atoms with Crippen molar-refractivity contribution in [2.24, 2.45) is 0 Å². The van der Waals surface area contributed by atoms with Crippen LogP contribution in [-0.4, -0.2) is 70.2 Å². The van der Waals surface area contributed by atoms with Gasteiger partial charge < -0.3 is 19.5 Å². The lowest BCUT2D eigenvalue weighted by Crippen LogP contribution is -2.48. The minimum Gasteiger partial charge on any atom is -0.455 e. The molecule has 0 spiro atoms. The molecule has 1 aliphatic heterocycles. The summed E-state index contributed by atoms with van der Waals surface area (Å²) in [6, 6.07) is 13.3. The summed E-state index contributed by atoms with van der Waals surface area (Å²) in [5.74, 6) is 1.51. The lowest BCUT2D eigenvalue weighted by atomic mass is 9.82. The van der Waals surface area contributed by atoms with Crippen molar-refractivity contribution in [2.75, 3.05) is 33.3 Å². The fourth-order valence-electron chi connectivity index (χ4n) is 5.43. The van der Waals surface area contributed by atoms with Gasteiger partial charge in [-0.3, -0.25) is 9.69 Å². The van der Waals surface area contributed by atoms with E-state index in [1.807, 2.05) is 23.1 Å². The molecule has 0 radical (unpaired) electrons. The van der Waals surface area contributed by atoms with Crippen molar-refractivity contribution in [1.29, 1.82) is 0 Å². The molecule has 9 heteroatoms. The molecule has 3 aromatic rings. The van der Waals surface area contributed by atoms with Gasteiger partial charge in [0.15, 0.2) is 0 Å². The first-order valence-electron chi connectivity index (χ1n) is 13.5. The summed E-state index contributed by atoms with van der Waals surface area (Å²) in [5.41, 5.74) is 3.46. The van der Waals surface area contributed by atoms with E-state index < -0.39 is 0 Å². The van der Waals surface area contributed by atoms with Crippen LogP contribution in [0.1, 0.15) is 58.8 Å². The first kappa shape index (κ1) is 27.5. The molecular weight excluding hydrogens is 516 g/mol. The molecule has 1 aromatic carbocycles. The monoisotopic (exact) mass is 550 g/mol. The SMILES string of the molecule is COC1CCC(c2ccc(Oc3ccc(C(=O)N4CCN(Cc5ccc(Cl)nc5)CC4)nc3)c(CO)c2)CC1. The molecule has 0 atom stereocenters. The highest BCUT2D eigenvalue weighted by atomic mass is 35.5. The van der Waals surface area contributed by atoms with Gasteiger partial charge in [-0.1, -0.05) is 23.7 Å². The van der Waals surface area contributed by atoms with E-state index in [0.29, 0.717) is 47.5 Å². The number of hydrogen-bond donors (Lipinski definition) is 1. The summed E-state index contributed by atoms with van der Waals surface area (Å²) in [6.07, 6.45) is 7.99. The number of pyridine rings is 2. The van der Waals surface area contributed by atoms with Crippen LogP contribution in [-0.2, 0) is 17.9 Å². The molecule has 1 N–H and O–H groups in total. The van der Waals surface area contributed by atoms with Gasteiger partial charge in [0.2, 0.25) is 0 Å². The van der Waals surface area contributed by atoms with Crippen molar-refractivity contribution < 1.29 is 19.4 Å². The Kier molecular flexibility index (Phi) is 9.09. The van der Waals surface area contributed by atoms with Gasteiger partial charge in [-0.25, -0.2) is 9.97 Å². The number of aliphatic hydroxyl groups is 1. The topological polar surface area (TPSA) is 88.0 Å². The standard InChI is InChI=1S/C30H35ClN4O4/c1-38-25-6-3-22(4-7-25)23-5-10-28(24(16-23)20-36)39-26-8-9-27(32-18-26)30(37)35-14-12-34(13-15-35)19-21-2-11-29(31)33-17-21/h2,5,8-11,16-18,22,25,36H,3-4,6-7,12-15,19-20H2,1H3. The highest BCUT2D eigenvalue weighted by molar-refractivity contribution is 6.29. The number of benzene rings is 1. The van der Waals surface area contributed by atoms with E-state index in [1.165, 1.54) is 5.56 Å². The van der Waals surface area contributed by atoms with E-state index >= 15 is 0 Å². The predicted octanol–water partition coefficient (Wildman–Crippen LogP) is 5.05. The maximum atomic E-state index is 13.0. The van der Waals surface area contributed by atoms with Crippen LogP contribution in [0.5, 0.6) is 11.5 Å². The lowest BCUT2D eigenvalue weighted by Gasteiger charge is -2.34. The number of aromatic nitrogens is 2. The van der Waals surface area contributed by atoms with E-state index in [4.69, 9.17) is 21.1 Å². The molecule has 0 unspecified atom stereocenters. The molecule has 1 saturated heterocycles. The summed E-state index contributed by atoms with van der Waals surface area (Å²) < 4.78 is 11.5. The Morgan fingerprint density at radius 1 is 1.00 bits per heavy atom. The largest absolute Gasteiger partial charge is 0.455 e. The van der Waals surface area contributed by atoms with Crippen LogP contribution in [0, 0.1) is 0 Å². The van der Waals surface area contributed by atoms with E-state index in [1.54, 1.807) is 37.7 Å². The average Bonchev–Trinajstić information content (AvgIpc) is 2.99. The van der Waals surface area contributed by atoms with Crippen molar-refractivity contribution in [3.63, 3.8) is 0 Å². The van der Waals surface area contributed by atoms with Crippen molar-refractivity contribution in [3.05, 3.63) is 82.4 Å². The number of nitrogens with zero attached hydrogens (tertiary/aromatic N) is 4. The predicted molar refractivity (Wildman–Crippen MR) is 149 cm³/mol. The zero-order chi connectivity index (χ0) is 27.2. The Morgan fingerprint density at radius 3 is 2.44 bits per heavy atom. The van der Waals surface area contributed by atoms with Crippen LogP contribution >= 0.6 is 11.6 Å². The minimum absolute atomic E-state index is 0.0852. The van der Waals surface area contributed by atoms with Crippen LogP contribution in [0.25, 0.3) is 0 Å². The van der Waals surface area contributed by atoms with Gasteiger partial charge in [0.1, 0.15) is 22.3 Å². The molecular formula is C30H35ClN4O4. The highest BCUT2D eigenvalue weighted by Gasteiger charge is 2.24. The third-order valence-electron chi connectivity index (χ3n) is 7.77. The van der Waals surface area contributed by atoms with Gasteiger partial charge in [0.05, 0.1) is 18.9 Å². The van der Waals surface area contributed by atoms with Gasteiger partial charge >= 0.3 is 0 Å². The molecule has 2 aromatic heterocycles. The highest BCUT2D eigenvalue weighted by Crippen LogP contribution is 2.36. The number of methoxy groups -OCH3 is 1. The third-order valence-corrected chi connectivity index (χ3v) is 8.00. The Morgan fingerprint density at radius 2 is 1.79 bits per heavy atom. The first-order chi connectivity index (χ1) is 19.0. The van der Waals surface area contributed by atoms with Crippen molar-refractivity contribution >= 4 is 17.5 Å². The number of carbonyl (C=O) groups is 1. The fourth-order valence-corrected chi connectivity index (χ4v) is 5.54. The second-order valence-electron chi connectivity index (χ2n) is 10.3. The summed E-state index contributed by atoms with van der Waals surface area (Å²) in [5, 5.41) is 10.5. The van der Waals surface area contributed by atoms with Crippen molar-refractivity contribution in [2.45, 2.75) is 50.9 Å². The Hall–Kier alpha value is -3.04. The molecule has 0 bridgehead atoms. The van der Waals surface area contributed by atoms with Gasteiger partial charge in [0, 0.05) is 51.6 Å². The number of aliphatic hydroxyl groups excluding tert-OH is 1. The van der Waals surface area contributed by atoms with E-state index in [9.17, 15) is 9.90 Å². The van der Waals surface area contributed by atoms with Crippen LogP contribution in [0.3, 0.4) is 0 Å². The van der Waals surface area contributed by atoms with E-state index in [-0.39, 0.29) is 12.5 Å². The smallest absolute Gasteiger partial charge is 0.272 e. The van der Waals surface area contributed by atoms with Crippen molar-refractivity contribution in [3.8, 4) is 11.5 Å². The molecule has 1 aliphatic carbocycles. The molecule has 39 heavy (non-hydrogen) atoms. The van der Waals surface area contributed by atoms with Crippen molar-refractivity contribution in [1.82, 2.24) is 19.8 Å². The number of carbonyl (C=O) groups excluding carboxylic acids is 1. The van der Waals surface area contributed by atoms with Gasteiger partial charge in [-0.2, -0.15) is 0 Å². The van der Waals surface area contributed by atoms with Gasteiger partial charge in [0.25, 0.3) is 5.91 Å². The molecule has 2 aliphatic rings. The van der Waals surface area contributed by atoms with E-state index in [2.05, 4.69) is 20.9 Å². The Labute approximate surface area is 234 Å². The number of hydrogen-bond acceptors (Lipinski definition) is 7. The molecule has 8 nitrogen and oxygen atoms in total. The third kappa shape index (κ3) is 6.94. The molecule has 3 heterocycles. The maximum absolute atomic E-state index is 13.0. The zero-order valence-electron chi connectivity index (χ0n) is 22.3. The summed E-state index contributed by atoms with van der Waals surface area (Å²) >= 11 is 5.87. The summed E-state index contributed by atoms with van der Waals surface area (Å²) in [6.45, 7) is 3.51. The number of piperazine rings is 1. The van der Waals surface area contributed by atoms with E-state index in [0.717, 1.165) is 56.4 Å². The average molecular weight is 551 g/mol. The molecule has 206 valence electrons. The van der Waals surface area contributed by atoms with Crippen LogP contribution in [0.4, 0.5) is 0 Å². The summed E-state index contributed by atoms with van der Waals surface area (Å²) in [4.78, 5) is 25.7. The second kappa shape index (κ2) is 12.9. The number of halogens is 1. The fraction of sp³-hybridized carbons (Fsp3) is 0.433. The van der Waals surface area contributed by atoms with Crippen LogP contribution in [0.15, 0.2) is 54.9 Å². The first-order valence-corrected chi connectivity index (χ1v) is 13.9. The molecule has 1 amide bonds. The summed E-state index contributed by atoms with van der Waals surface area (Å²) in [7, 11) is 1.78. The number of rotatable bonds is 8. The Bertz CT molecular complexity index is 1240. The van der Waals surface area contributed by atoms with Gasteiger partial charge in [-0.05, 0) is 73.1 Å². The van der Waals surface area contributed by atoms with Crippen LogP contribution in [0.2, 0.25) is 5.15 Å². The molecule has 5 rings (SSSR count). The molecule has 1 saturated carbocycles. The second-order valence-corrected chi connectivity index (χ2v) is 10.7. The molecule has 2 fully saturated rings. The zero-order valence-corrected chi connectivity index (χ0v) is 23.0. The van der Waals surface area contributed by atoms with Crippen LogP contribution < -0.4 is 4.74 Å².